The van der Waals surface area contributed by atoms with Gasteiger partial charge in [-0.1, -0.05) is 38.1 Å². The van der Waals surface area contributed by atoms with Gasteiger partial charge in [-0.15, -0.1) is 11.3 Å². The summed E-state index contributed by atoms with van der Waals surface area (Å²) >= 11 is 0.498. The predicted octanol–water partition coefficient (Wildman–Crippen LogP) is 7.78. The van der Waals surface area contributed by atoms with Crippen LogP contribution >= 0.6 is 11.3 Å². The Morgan fingerprint density at radius 2 is 1.72 bits per heavy atom. The van der Waals surface area contributed by atoms with Gasteiger partial charge < -0.3 is 15.5 Å². The Morgan fingerprint density at radius 3 is 2.30 bits per heavy atom. The lowest BCUT2D eigenvalue weighted by atomic mass is 10.0. The summed E-state index contributed by atoms with van der Waals surface area (Å²) in [5, 5.41) is 6.10. The van der Waals surface area contributed by atoms with Gasteiger partial charge in [0.2, 0.25) is 0 Å². The number of benzene rings is 1. The number of pyridine rings is 1. The van der Waals surface area contributed by atoms with Crippen molar-refractivity contribution in [1.82, 2.24) is 19.6 Å². The Morgan fingerprint density at radius 1 is 1.00 bits per heavy atom. The molecule has 6 rings (SSSR count). The normalized spacial score (nSPS) is 12.4. The lowest BCUT2D eigenvalue weighted by molar-refractivity contribution is -0.143. The number of alkyl halides is 6. The number of carbonyl (C=O) groups is 2. The van der Waals surface area contributed by atoms with E-state index < -0.39 is 46.8 Å². The molecule has 46 heavy (non-hydrogen) atoms. The van der Waals surface area contributed by atoms with Gasteiger partial charge in [-0.05, 0) is 35.7 Å². The molecule has 0 atom stereocenters. The lowest BCUT2D eigenvalue weighted by Crippen LogP contribution is -2.18. The third-order valence-corrected chi connectivity index (χ3v) is 8.18. The maximum absolute atomic E-state index is 14.2. The molecule has 9 nitrogen and oxygen atoms in total. The van der Waals surface area contributed by atoms with E-state index in [1.165, 1.54) is 18.4 Å². The number of primary amides is 1. The van der Waals surface area contributed by atoms with Crippen molar-refractivity contribution in [2.75, 3.05) is 5.32 Å². The molecule has 0 aliphatic heterocycles. The summed E-state index contributed by atoms with van der Waals surface area (Å²) in [4.78, 5) is 33.4. The van der Waals surface area contributed by atoms with Crippen LogP contribution in [0.15, 0.2) is 65.4 Å². The first-order valence-electron chi connectivity index (χ1n) is 13.4. The highest BCUT2D eigenvalue weighted by Gasteiger charge is 2.37. The highest BCUT2D eigenvalue weighted by atomic mass is 32.1. The third kappa shape index (κ3) is 5.44. The van der Waals surface area contributed by atoms with Gasteiger partial charge in [0.05, 0.1) is 23.8 Å². The summed E-state index contributed by atoms with van der Waals surface area (Å²) in [7, 11) is 0. The van der Waals surface area contributed by atoms with E-state index in [0.717, 1.165) is 17.8 Å². The number of carbonyl (C=O) groups excluding carboxylic acids is 2. The van der Waals surface area contributed by atoms with Crippen LogP contribution in [-0.4, -0.2) is 31.4 Å². The van der Waals surface area contributed by atoms with E-state index in [1.807, 2.05) is 13.8 Å². The van der Waals surface area contributed by atoms with Crippen LogP contribution in [0.4, 0.5) is 32.0 Å². The molecule has 0 fully saturated rings. The van der Waals surface area contributed by atoms with Gasteiger partial charge >= 0.3 is 12.4 Å². The van der Waals surface area contributed by atoms with Crippen molar-refractivity contribution in [3.63, 3.8) is 0 Å². The minimum Gasteiger partial charge on any atom is -0.464 e. The molecule has 16 heteroatoms. The molecule has 0 unspecified atom stereocenters. The van der Waals surface area contributed by atoms with Crippen molar-refractivity contribution in [3.8, 4) is 22.6 Å². The van der Waals surface area contributed by atoms with E-state index in [-0.39, 0.29) is 43.7 Å². The average molecular weight is 659 g/mol. The maximum atomic E-state index is 14.2. The van der Waals surface area contributed by atoms with E-state index in [2.05, 4.69) is 20.4 Å². The number of fused-ring (bicyclic) bond motifs is 2. The summed E-state index contributed by atoms with van der Waals surface area (Å²) in [5.41, 5.74) is 2.90. The number of nitrogens with one attached hydrogen (secondary N) is 1. The van der Waals surface area contributed by atoms with Gasteiger partial charge in [0.15, 0.2) is 11.3 Å². The summed E-state index contributed by atoms with van der Waals surface area (Å²) in [6.07, 6.45) is -7.69. The fraction of sp³-hybridized carbons (Fsp3) is 0.167. The first kappa shape index (κ1) is 30.8. The number of hydrogen-bond acceptors (Lipinski definition) is 7. The van der Waals surface area contributed by atoms with Gasteiger partial charge in [0.1, 0.15) is 26.7 Å². The third-order valence-electron chi connectivity index (χ3n) is 7.08. The molecule has 0 saturated carbocycles. The molecule has 1 aromatic carbocycles. The van der Waals surface area contributed by atoms with E-state index in [1.54, 1.807) is 24.3 Å². The molecule has 0 aliphatic rings. The van der Waals surface area contributed by atoms with Crippen molar-refractivity contribution in [2.45, 2.75) is 32.1 Å². The van der Waals surface area contributed by atoms with E-state index in [4.69, 9.17) is 10.2 Å². The number of nitrogens with two attached hydrogens (primary N) is 1. The number of furan rings is 1. The van der Waals surface area contributed by atoms with Gasteiger partial charge in [0.25, 0.3) is 11.8 Å². The maximum Gasteiger partial charge on any atom is 0.433 e. The van der Waals surface area contributed by atoms with Crippen LogP contribution in [0, 0.1) is 0 Å². The first-order valence-corrected chi connectivity index (χ1v) is 14.2. The van der Waals surface area contributed by atoms with Gasteiger partial charge in [-0.2, -0.15) is 31.4 Å². The standard InChI is InChI=1S/C30H20F6N6O3S/c1-13(2)14-5-7-15(8-6-14)18-11-21(30(34,35)36)42-26(39-18)17(12-38-42)27(44)41-23-22-16(19-4-3-9-45-19)10-20(29(31,32)33)40-28(22)46-24(23)25(37)43/h3-13H,1-2H3,(H2,37,43)(H,41,44). The fourth-order valence-corrected chi connectivity index (χ4v) is 5.86. The topological polar surface area (TPSA) is 128 Å². The van der Waals surface area contributed by atoms with Crippen LogP contribution in [0.25, 0.3) is 38.4 Å². The average Bonchev–Trinajstić information content (AvgIpc) is 3.74. The van der Waals surface area contributed by atoms with Gasteiger partial charge in [-0.3, -0.25) is 9.59 Å². The smallest absolute Gasteiger partial charge is 0.433 e. The molecule has 0 radical (unpaired) electrons. The number of rotatable bonds is 6. The monoisotopic (exact) mass is 658 g/mol. The SMILES string of the molecule is CC(C)c1ccc(-c2cc(C(F)(F)F)n3ncc(C(=O)Nc4c(C(N)=O)sc5nc(C(F)(F)F)cc(-c6ccco6)c45)c3n2)cc1. The van der Waals surface area contributed by atoms with Crippen molar-refractivity contribution in [2.24, 2.45) is 5.73 Å². The van der Waals surface area contributed by atoms with Crippen LogP contribution in [-0.2, 0) is 12.4 Å². The summed E-state index contributed by atoms with van der Waals surface area (Å²) in [6.45, 7) is 3.92. The molecule has 2 amide bonds. The number of aromatic nitrogens is 4. The van der Waals surface area contributed by atoms with Crippen molar-refractivity contribution in [3.05, 3.63) is 88.4 Å². The molecule has 3 N–H and O–H groups in total. The summed E-state index contributed by atoms with van der Waals surface area (Å²) < 4.78 is 89.5. The quantitative estimate of drug-likeness (QED) is 0.176. The number of halogens is 6. The zero-order valence-corrected chi connectivity index (χ0v) is 24.4. The Balaban J connectivity index is 1.52. The molecule has 0 bridgehead atoms. The van der Waals surface area contributed by atoms with Crippen molar-refractivity contribution >= 4 is 44.7 Å². The summed E-state index contributed by atoms with van der Waals surface area (Å²) in [5.74, 6) is -2.03. The second-order valence-electron chi connectivity index (χ2n) is 10.4. The van der Waals surface area contributed by atoms with Crippen LogP contribution in [0.2, 0.25) is 0 Å². The Hall–Kier alpha value is -5.25. The molecule has 0 aliphatic carbocycles. The minimum atomic E-state index is -4.89. The van der Waals surface area contributed by atoms with Gasteiger partial charge in [-0.25, -0.2) is 14.5 Å². The van der Waals surface area contributed by atoms with Gasteiger partial charge in [0, 0.05) is 16.5 Å². The molecular formula is C30H20F6N6O3S. The second kappa shape index (κ2) is 11.0. The fourth-order valence-electron chi connectivity index (χ4n) is 4.85. The molecule has 0 saturated heterocycles. The molecular weight excluding hydrogens is 638 g/mol. The molecule has 6 aromatic rings. The van der Waals surface area contributed by atoms with Crippen LogP contribution < -0.4 is 11.1 Å². The van der Waals surface area contributed by atoms with Crippen LogP contribution in [0.1, 0.15) is 56.7 Å². The van der Waals surface area contributed by atoms with Crippen molar-refractivity contribution < 1.29 is 40.3 Å². The Labute approximate surface area is 258 Å². The first-order chi connectivity index (χ1) is 21.6. The largest absolute Gasteiger partial charge is 0.464 e. The Bertz CT molecular complexity index is 2130. The molecule has 0 spiro atoms. The van der Waals surface area contributed by atoms with E-state index >= 15 is 0 Å². The number of amides is 2. The zero-order chi connectivity index (χ0) is 33.1. The minimum absolute atomic E-state index is 0.0391. The highest BCUT2D eigenvalue weighted by molar-refractivity contribution is 7.21. The number of anilines is 1. The molecule has 5 aromatic heterocycles. The molecule has 5 heterocycles. The zero-order valence-electron chi connectivity index (χ0n) is 23.6. The number of nitrogens with zero attached hydrogens (tertiary/aromatic N) is 4. The van der Waals surface area contributed by atoms with Crippen LogP contribution in [0.5, 0.6) is 0 Å². The van der Waals surface area contributed by atoms with E-state index in [9.17, 15) is 35.9 Å². The second-order valence-corrected chi connectivity index (χ2v) is 11.4. The molecule has 236 valence electrons. The number of thiophene rings is 1. The van der Waals surface area contributed by atoms with Crippen molar-refractivity contribution in [1.29, 1.82) is 0 Å². The number of hydrogen-bond donors (Lipinski definition) is 2. The highest BCUT2D eigenvalue weighted by Crippen LogP contribution is 2.44. The van der Waals surface area contributed by atoms with E-state index in [0.29, 0.717) is 27.5 Å². The predicted molar refractivity (Wildman–Crippen MR) is 156 cm³/mol. The Kier molecular flexibility index (Phi) is 7.34. The van der Waals surface area contributed by atoms with Crippen LogP contribution in [0.3, 0.4) is 0 Å². The lowest BCUT2D eigenvalue weighted by Gasteiger charge is -2.13. The summed E-state index contributed by atoms with van der Waals surface area (Å²) in [6, 6.07) is 11.0.